The van der Waals surface area contributed by atoms with Gasteiger partial charge >= 0.3 is 0 Å². The molecule has 1 heterocycles. The van der Waals surface area contributed by atoms with Crippen LogP contribution in [0.4, 0.5) is 5.69 Å². The average Bonchev–Trinajstić information content (AvgIpc) is 2.65. The maximum absolute atomic E-state index is 6.45. The van der Waals surface area contributed by atoms with Gasteiger partial charge in [-0.2, -0.15) is 0 Å². The maximum Gasteiger partial charge on any atom is 0.0471 e. The highest BCUT2D eigenvalue weighted by Gasteiger charge is 2.17. The second-order valence-electron chi connectivity index (χ2n) is 5.84. The normalized spacial score (nSPS) is 19.9. The van der Waals surface area contributed by atoms with Gasteiger partial charge in [-0.3, -0.25) is 0 Å². The van der Waals surface area contributed by atoms with Crippen molar-refractivity contribution in [2.45, 2.75) is 58.5 Å². The largest absolute Gasteiger partial charge is 0.369 e. The first kappa shape index (κ1) is 15.7. The molecule has 0 aliphatic carbocycles. The molecule has 3 heteroatoms. The van der Waals surface area contributed by atoms with Crippen molar-refractivity contribution in [2.24, 2.45) is 0 Å². The molecule has 1 aliphatic heterocycles. The highest BCUT2D eigenvalue weighted by Crippen LogP contribution is 2.28. The zero-order valence-corrected chi connectivity index (χ0v) is 13.5. The summed E-state index contributed by atoms with van der Waals surface area (Å²) in [5.74, 6) is 0. The highest BCUT2D eigenvalue weighted by molar-refractivity contribution is 6.31. The smallest absolute Gasteiger partial charge is 0.0471 e. The molecule has 1 unspecified atom stereocenters. The number of nitrogens with zero attached hydrogens (tertiary/aromatic N) is 1. The number of rotatable bonds is 5. The summed E-state index contributed by atoms with van der Waals surface area (Å²) in [6.07, 6.45) is 6.44. The molecule has 1 atom stereocenters. The summed E-state index contributed by atoms with van der Waals surface area (Å²) < 4.78 is 0. The van der Waals surface area contributed by atoms with Crippen molar-refractivity contribution < 1.29 is 0 Å². The first-order valence-corrected chi connectivity index (χ1v) is 8.36. The van der Waals surface area contributed by atoms with Crippen molar-refractivity contribution in [2.75, 3.05) is 18.0 Å². The van der Waals surface area contributed by atoms with Crippen molar-refractivity contribution >= 4 is 17.3 Å². The highest BCUT2D eigenvalue weighted by atomic mass is 35.5. The van der Waals surface area contributed by atoms with E-state index in [1.165, 1.54) is 36.9 Å². The Morgan fingerprint density at radius 3 is 2.90 bits per heavy atom. The van der Waals surface area contributed by atoms with Gasteiger partial charge in [0.15, 0.2) is 0 Å². The molecule has 1 fully saturated rings. The van der Waals surface area contributed by atoms with Gasteiger partial charge in [0.1, 0.15) is 0 Å². The van der Waals surface area contributed by atoms with Gasteiger partial charge in [0.05, 0.1) is 0 Å². The molecule has 0 radical (unpaired) electrons. The van der Waals surface area contributed by atoms with Crippen molar-refractivity contribution in [3.8, 4) is 0 Å². The van der Waals surface area contributed by atoms with E-state index in [1.807, 2.05) is 0 Å². The molecule has 1 N–H and O–H groups in total. The van der Waals surface area contributed by atoms with Gasteiger partial charge in [-0.15, -0.1) is 0 Å². The number of hydrogen-bond donors (Lipinski definition) is 1. The lowest BCUT2D eigenvalue weighted by molar-refractivity contribution is 0.616. The second-order valence-corrected chi connectivity index (χ2v) is 6.25. The van der Waals surface area contributed by atoms with E-state index in [4.69, 9.17) is 11.6 Å². The van der Waals surface area contributed by atoms with E-state index in [0.29, 0.717) is 6.04 Å². The molecular weight excluding hydrogens is 268 g/mol. The molecule has 2 nitrogen and oxygen atoms in total. The predicted molar refractivity (Wildman–Crippen MR) is 88.7 cm³/mol. The molecule has 0 amide bonds. The molecule has 20 heavy (non-hydrogen) atoms. The van der Waals surface area contributed by atoms with Crippen LogP contribution in [0, 0.1) is 0 Å². The van der Waals surface area contributed by atoms with Crippen LogP contribution in [0.15, 0.2) is 18.2 Å². The topological polar surface area (TPSA) is 15.3 Å². The summed E-state index contributed by atoms with van der Waals surface area (Å²) in [6, 6.07) is 7.18. The summed E-state index contributed by atoms with van der Waals surface area (Å²) >= 11 is 6.45. The average molecular weight is 295 g/mol. The lowest BCUT2D eigenvalue weighted by Gasteiger charge is -2.30. The van der Waals surface area contributed by atoms with Crippen LogP contribution in [0.1, 0.15) is 51.5 Å². The molecule has 0 aromatic heterocycles. The third kappa shape index (κ3) is 4.13. The van der Waals surface area contributed by atoms with Crippen molar-refractivity contribution in [1.82, 2.24) is 5.32 Å². The van der Waals surface area contributed by atoms with Crippen LogP contribution >= 0.6 is 11.6 Å². The monoisotopic (exact) mass is 294 g/mol. The van der Waals surface area contributed by atoms with E-state index in [9.17, 15) is 0 Å². The van der Waals surface area contributed by atoms with Crippen LogP contribution in [0.25, 0.3) is 0 Å². The quantitative estimate of drug-likeness (QED) is 0.798. The van der Waals surface area contributed by atoms with Gasteiger partial charge in [-0.25, -0.2) is 0 Å². The molecule has 0 saturated carbocycles. The molecule has 1 aromatic carbocycles. The van der Waals surface area contributed by atoms with Crippen LogP contribution in [-0.2, 0) is 6.54 Å². The van der Waals surface area contributed by atoms with Crippen LogP contribution in [0.2, 0.25) is 5.02 Å². The van der Waals surface area contributed by atoms with Crippen LogP contribution < -0.4 is 10.2 Å². The van der Waals surface area contributed by atoms with Gasteiger partial charge in [0.25, 0.3) is 0 Å². The lowest BCUT2D eigenvalue weighted by Crippen LogP contribution is -2.32. The Hall–Kier alpha value is -0.730. The van der Waals surface area contributed by atoms with E-state index in [2.05, 4.69) is 42.3 Å². The molecule has 0 spiro atoms. The minimum atomic E-state index is 0.623. The van der Waals surface area contributed by atoms with Gasteiger partial charge in [-0.1, -0.05) is 37.4 Å². The summed E-state index contributed by atoms with van der Waals surface area (Å²) in [5.41, 5.74) is 2.48. The fraction of sp³-hybridized carbons (Fsp3) is 0.647. The maximum atomic E-state index is 6.45. The number of benzene rings is 1. The Morgan fingerprint density at radius 1 is 1.30 bits per heavy atom. The van der Waals surface area contributed by atoms with Gasteiger partial charge in [0, 0.05) is 29.8 Å². The summed E-state index contributed by atoms with van der Waals surface area (Å²) in [7, 11) is 0. The SMILES string of the molecule is CCCNCc1ccc(N2CCCCCC2C)cc1Cl. The Balaban J connectivity index is 2.07. The van der Waals surface area contributed by atoms with Crippen molar-refractivity contribution in [3.05, 3.63) is 28.8 Å². The van der Waals surface area contributed by atoms with E-state index < -0.39 is 0 Å². The fourth-order valence-corrected chi connectivity index (χ4v) is 3.16. The van der Waals surface area contributed by atoms with E-state index >= 15 is 0 Å². The Labute approximate surface area is 128 Å². The third-order valence-electron chi connectivity index (χ3n) is 4.16. The summed E-state index contributed by atoms with van der Waals surface area (Å²) in [6.45, 7) is 7.57. The minimum absolute atomic E-state index is 0.623. The first-order chi connectivity index (χ1) is 9.72. The minimum Gasteiger partial charge on any atom is -0.369 e. The molecule has 1 aromatic rings. The lowest BCUT2D eigenvalue weighted by atomic mass is 10.1. The third-order valence-corrected chi connectivity index (χ3v) is 4.52. The van der Waals surface area contributed by atoms with Gasteiger partial charge in [0.2, 0.25) is 0 Å². The molecular formula is C17H27ClN2. The van der Waals surface area contributed by atoms with Crippen LogP contribution in [-0.4, -0.2) is 19.1 Å². The summed E-state index contributed by atoms with van der Waals surface area (Å²) in [5, 5.41) is 4.30. The second kappa shape index (κ2) is 7.90. The molecule has 112 valence electrons. The zero-order chi connectivity index (χ0) is 14.4. The molecule has 1 saturated heterocycles. The van der Waals surface area contributed by atoms with Crippen LogP contribution in [0.3, 0.4) is 0 Å². The van der Waals surface area contributed by atoms with Gasteiger partial charge < -0.3 is 10.2 Å². The van der Waals surface area contributed by atoms with E-state index in [0.717, 1.165) is 31.1 Å². The predicted octanol–water partition coefficient (Wildman–Crippen LogP) is 4.61. The number of nitrogens with one attached hydrogen (secondary N) is 1. The number of anilines is 1. The molecule has 1 aliphatic rings. The van der Waals surface area contributed by atoms with Crippen molar-refractivity contribution in [3.63, 3.8) is 0 Å². The molecule has 0 bridgehead atoms. The fourth-order valence-electron chi connectivity index (χ4n) is 2.92. The standard InChI is InChI=1S/C17H27ClN2/c1-3-10-19-13-15-8-9-16(12-17(15)18)20-11-6-4-5-7-14(20)2/h8-9,12,14,19H,3-7,10-11,13H2,1-2H3. The Bertz CT molecular complexity index is 419. The first-order valence-electron chi connectivity index (χ1n) is 7.98. The summed E-state index contributed by atoms with van der Waals surface area (Å²) in [4.78, 5) is 2.52. The van der Waals surface area contributed by atoms with Crippen LogP contribution in [0.5, 0.6) is 0 Å². The number of hydrogen-bond acceptors (Lipinski definition) is 2. The Kier molecular flexibility index (Phi) is 6.18. The van der Waals surface area contributed by atoms with E-state index in [1.54, 1.807) is 0 Å². The number of halogens is 1. The zero-order valence-electron chi connectivity index (χ0n) is 12.8. The van der Waals surface area contributed by atoms with Gasteiger partial charge in [-0.05, 0) is 50.4 Å². The van der Waals surface area contributed by atoms with Crippen molar-refractivity contribution in [1.29, 1.82) is 0 Å². The van der Waals surface area contributed by atoms with E-state index in [-0.39, 0.29) is 0 Å². The Morgan fingerprint density at radius 2 is 2.15 bits per heavy atom. The molecule has 2 rings (SSSR count).